The van der Waals surface area contributed by atoms with Gasteiger partial charge in [-0.05, 0) is 29.7 Å². The number of rotatable bonds is 9. The van der Waals surface area contributed by atoms with Gasteiger partial charge < -0.3 is 34.6 Å². The maximum atomic E-state index is 12.8. The number of aromatic hydroxyl groups is 1. The van der Waals surface area contributed by atoms with Gasteiger partial charge in [0, 0.05) is 12.5 Å². The second-order valence-corrected chi connectivity index (χ2v) is 10.6. The molecule has 4 rings (SSSR count). The molecule has 3 aromatic carbocycles. The zero-order valence-electron chi connectivity index (χ0n) is 19.9. The van der Waals surface area contributed by atoms with E-state index in [2.05, 4.69) is 10.2 Å². The van der Waals surface area contributed by atoms with Gasteiger partial charge in [0.2, 0.25) is 0 Å². The number of aliphatic hydroxyl groups is 3. The van der Waals surface area contributed by atoms with E-state index in [0.717, 1.165) is 5.39 Å². The van der Waals surface area contributed by atoms with Crippen molar-refractivity contribution in [1.29, 1.82) is 0 Å². The smallest absolute Gasteiger partial charge is 0.186 e. The van der Waals surface area contributed by atoms with E-state index in [-0.39, 0.29) is 41.0 Å². The summed E-state index contributed by atoms with van der Waals surface area (Å²) in [5, 5.41) is 49.9. The van der Waals surface area contributed by atoms with Gasteiger partial charge in [0.25, 0.3) is 0 Å². The Hall–Kier alpha value is -2.97. The molecule has 0 radical (unpaired) electrons. The van der Waals surface area contributed by atoms with Crippen LogP contribution in [-0.4, -0.2) is 85.6 Å². The third-order valence-corrected chi connectivity index (χ3v) is 7.68. The van der Waals surface area contributed by atoms with Crippen molar-refractivity contribution in [2.24, 2.45) is 10.2 Å². The number of aliphatic hydroxyl groups excluding tert-OH is 3. The van der Waals surface area contributed by atoms with Crippen LogP contribution in [0.4, 0.5) is 11.4 Å². The van der Waals surface area contributed by atoms with E-state index in [4.69, 9.17) is 14.2 Å². The predicted octanol–water partition coefficient (Wildman–Crippen LogP) is 2.21. The summed E-state index contributed by atoms with van der Waals surface area (Å²) in [7, 11) is -2.47. The topological polar surface area (TPSA) is 167 Å². The van der Waals surface area contributed by atoms with Crippen LogP contribution in [0.2, 0.25) is 0 Å². The van der Waals surface area contributed by atoms with Crippen LogP contribution in [-0.2, 0) is 24.0 Å². The molecule has 0 aliphatic carbocycles. The molecule has 1 aliphatic heterocycles. The lowest BCUT2D eigenvalue weighted by Crippen LogP contribution is -2.59. The van der Waals surface area contributed by atoms with Crippen LogP contribution in [0, 0.1) is 0 Å². The fourth-order valence-electron chi connectivity index (χ4n) is 3.93. The maximum absolute atomic E-state index is 12.8. The Labute approximate surface area is 213 Å². The van der Waals surface area contributed by atoms with Crippen LogP contribution < -0.4 is 0 Å². The molecule has 0 bridgehead atoms. The number of benzene rings is 3. The Kier molecular flexibility index (Phi) is 8.49. The molecule has 0 spiro atoms. The molecular formula is C25H28N2O9S. The molecule has 0 amide bonds. The molecular weight excluding hydrogens is 504 g/mol. The van der Waals surface area contributed by atoms with Gasteiger partial charge in [0.05, 0.1) is 29.5 Å². The molecule has 5 atom stereocenters. The fourth-order valence-corrected chi connectivity index (χ4v) is 5.09. The minimum atomic E-state index is -3.75. The number of azo groups is 1. The van der Waals surface area contributed by atoms with Crippen molar-refractivity contribution in [1.82, 2.24) is 0 Å². The average Bonchev–Trinajstić information content (AvgIpc) is 2.90. The molecule has 1 heterocycles. The van der Waals surface area contributed by atoms with Gasteiger partial charge in [-0.3, -0.25) is 0 Å². The number of fused-ring (bicyclic) bond motifs is 1. The number of ether oxygens (including phenoxy) is 3. The van der Waals surface area contributed by atoms with E-state index in [0.29, 0.717) is 5.39 Å². The number of hydrogen-bond acceptors (Lipinski definition) is 11. The Balaban J connectivity index is 1.39. The molecule has 1 fully saturated rings. The molecule has 0 saturated carbocycles. The van der Waals surface area contributed by atoms with Gasteiger partial charge in [-0.25, -0.2) is 8.42 Å². The zero-order chi connectivity index (χ0) is 26.6. The first-order valence-corrected chi connectivity index (χ1v) is 13.1. The summed E-state index contributed by atoms with van der Waals surface area (Å²) >= 11 is 0. The van der Waals surface area contributed by atoms with E-state index in [1.807, 2.05) is 18.2 Å². The van der Waals surface area contributed by atoms with E-state index in [1.165, 1.54) is 31.4 Å². The van der Waals surface area contributed by atoms with Crippen LogP contribution in [0.5, 0.6) is 5.75 Å². The highest BCUT2D eigenvalue weighted by Gasteiger charge is 2.43. The van der Waals surface area contributed by atoms with Gasteiger partial charge in [0.15, 0.2) is 16.1 Å². The highest BCUT2D eigenvalue weighted by atomic mass is 32.2. The van der Waals surface area contributed by atoms with Crippen molar-refractivity contribution in [2.45, 2.75) is 35.6 Å². The van der Waals surface area contributed by atoms with Crippen LogP contribution >= 0.6 is 0 Å². The van der Waals surface area contributed by atoms with Crippen LogP contribution in [0.15, 0.2) is 75.8 Å². The Morgan fingerprint density at radius 1 is 0.946 bits per heavy atom. The maximum Gasteiger partial charge on any atom is 0.186 e. The molecule has 198 valence electrons. The molecule has 0 unspecified atom stereocenters. The number of phenols is 1. The Morgan fingerprint density at radius 3 is 2.51 bits per heavy atom. The third kappa shape index (κ3) is 6.13. The summed E-state index contributed by atoms with van der Waals surface area (Å²) in [6.07, 6.45) is -6.51. The van der Waals surface area contributed by atoms with Crippen molar-refractivity contribution in [3.05, 3.63) is 60.7 Å². The van der Waals surface area contributed by atoms with Crippen LogP contribution in [0.25, 0.3) is 10.8 Å². The zero-order valence-corrected chi connectivity index (χ0v) is 20.7. The first kappa shape index (κ1) is 27.1. The van der Waals surface area contributed by atoms with Gasteiger partial charge >= 0.3 is 0 Å². The number of sulfone groups is 1. The number of phenolic OH excluding ortho intramolecular Hbond substituents is 1. The van der Waals surface area contributed by atoms with Gasteiger partial charge in [-0.2, -0.15) is 5.11 Å². The lowest BCUT2D eigenvalue weighted by molar-refractivity contribution is -0.296. The van der Waals surface area contributed by atoms with Crippen LogP contribution in [0.1, 0.15) is 0 Å². The SMILES string of the molecule is CO[C@H]1O[C@H](COCCS(=O)(=O)c2cccc(N=Nc3c(O)ccc4ccccc34)c2)[C@@H](O)[C@H](O)[C@H]1O. The summed E-state index contributed by atoms with van der Waals surface area (Å²) < 4.78 is 41.3. The third-order valence-electron chi connectivity index (χ3n) is 6.00. The second-order valence-electron chi connectivity index (χ2n) is 8.50. The number of nitrogens with zero attached hydrogens (tertiary/aromatic N) is 2. The molecule has 0 aromatic heterocycles. The van der Waals surface area contributed by atoms with Gasteiger partial charge in [0.1, 0.15) is 35.9 Å². The Bertz CT molecular complexity index is 1360. The standard InChI is InChI=1S/C25H28N2O9S/c1-34-25-24(31)23(30)22(29)20(36-25)14-35-11-12-37(32,33)17-7-4-6-16(13-17)26-27-21-18-8-3-2-5-15(18)9-10-19(21)28/h2-10,13,20,22-25,28-31H,11-12,14H2,1H3/t20-,22-,23+,24-,25+/m1/s1. The predicted molar refractivity (Wildman–Crippen MR) is 133 cm³/mol. The normalized spacial score (nSPS) is 24.6. The van der Waals surface area contributed by atoms with E-state index in [9.17, 15) is 28.8 Å². The summed E-state index contributed by atoms with van der Waals surface area (Å²) in [4.78, 5) is 0.0154. The highest BCUT2D eigenvalue weighted by molar-refractivity contribution is 7.91. The number of methoxy groups -OCH3 is 1. The first-order chi connectivity index (χ1) is 17.7. The molecule has 37 heavy (non-hydrogen) atoms. The van der Waals surface area contributed by atoms with Crippen LogP contribution in [0.3, 0.4) is 0 Å². The largest absolute Gasteiger partial charge is 0.506 e. The number of hydrogen-bond donors (Lipinski definition) is 4. The molecule has 1 saturated heterocycles. The summed E-state index contributed by atoms with van der Waals surface area (Å²) in [5.74, 6) is -0.409. The fraction of sp³-hybridized carbons (Fsp3) is 0.360. The summed E-state index contributed by atoms with van der Waals surface area (Å²) in [5.41, 5.74) is 0.562. The van der Waals surface area contributed by atoms with Gasteiger partial charge in [-0.1, -0.05) is 36.4 Å². The van der Waals surface area contributed by atoms with Crippen molar-refractivity contribution in [3.63, 3.8) is 0 Å². The molecule has 1 aliphatic rings. The average molecular weight is 533 g/mol. The lowest BCUT2D eigenvalue weighted by atomic mass is 9.99. The molecule has 11 nitrogen and oxygen atoms in total. The summed E-state index contributed by atoms with van der Waals surface area (Å²) in [6, 6.07) is 16.6. The Morgan fingerprint density at radius 2 is 1.73 bits per heavy atom. The molecule has 12 heteroatoms. The van der Waals surface area contributed by atoms with E-state index < -0.39 is 40.5 Å². The lowest BCUT2D eigenvalue weighted by Gasteiger charge is -2.39. The van der Waals surface area contributed by atoms with E-state index in [1.54, 1.807) is 18.2 Å². The van der Waals surface area contributed by atoms with Gasteiger partial charge in [-0.15, -0.1) is 5.11 Å². The monoisotopic (exact) mass is 532 g/mol. The van der Waals surface area contributed by atoms with Crippen molar-refractivity contribution >= 4 is 32.0 Å². The minimum absolute atomic E-state index is 0.0154. The molecule has 3 aromatic rings. The second kappa shape index (κ2) is 11.6. The van der Waals surface area contributed by atoms with Crippen molar-refractivity contribution < 1.29 is 43.1 Å². The van der Waals surface area contributed by atoms with Crippen molar-refractivity contribution in [3.8, 4) is 5.75 Å². The minimum Gasteiger partial charge on any atom is -0.506 e. The molecule has 4 N–H and O–H groups in total. The first-order valence-electron chi connectivity index (χ1n) is 11.5. The van der Waals surface area contributed by atoms with E-state index >= 15 is 0 Å². The summed E-state index contributed by atoms with van der Waals surface area (Å²) in [6.45, 7) is -0.427. The quantitative estimate of drug-likeness (QED) is 0.238. The highest BCUT2D eigenvalue weighted by Crippen LogP contribution is 2.36. The van der Waals surface area contributed by atoms with Crippen molar-refractivity contribution in [2.75, 3.05) is 26.1 Å².